The molecule has 5 nitrogen and oxygen atoms in total. The van der Waals surface area contributed by atoms with E-state index in [0.29, 0.717) is 25.3 Å². The van der Waals surface area contributed by atoms with Gasteiger partial charge < -0.3 is 9.64 Å². The second-order valence-corrected chi connectivity index (χ2v) is 6.04. The molecule has 5 heteroatoms. The van der Waals surface area contributed by atoms with Crippen LogP contribution >= 0.6 is 0 Å². The van der Waals surface area contributed by atoms with Crippen molar-refractivity contribution in [2.75, 3.05) is 19.7 Å². The third-order valence-electron chi connectivity index (χ3n) is 4.21. The van der Waals surface area contributed by atoms with E-state index < -0.39 is 0 Å². The van der Waals surface area contributed by atoms with Gasteiger partial charge in [0.2, 0.25) is 0 Å². The Kier molecular flexibility index (Phi) is 4.48. The first kappa shape index (κ1) is 15.7. The zero-order chi connectivity index (χ0) is 16.4. The highest BCUT2D eigenvalue weighted by molar-refractivity contribution is 5.95. The number of benzene rings is 1. The number of hydrogen-bond acceptors (Lipinski definition) is 3. The first-order chi connectivity index (χ1) is 11.1. The van der Waals surface area contributed by atoms with Crippen LogP contribution in [0, 0.1) is 6.92 Å². The molecule has 122 valence electrons. The van der Waals surface area contributed by atoms with Crippen molar-refractivity contribution in [2.24, 2.45) is 0 Å². The van der Waals surface area contributed by atoms with E-state index in [-0.39, 0.29) is 12.0 Å². The maximum absolute atomic E-state index is 12.9. The lowest BCUT2D eigenvalue weighted by molar-refractivity contribution is -0.0124. The van der Waals surface area contributed by atoms with Crippen LogP contribution in [-0.4, -0.2) is 46.4 Å². The molecule has 0 bridgehead atoms. The summed E-state index contributed by atoms with van der Waals surface area (Å²) >= 11 is 0. The number of aryl methyl sites for hydroxylation is 1. The zero-order valence-corrected chi connectivity index (χ0v) is 14.0. The van der Waals surface area contributed by atoms with Gasteiger partial charge in [-0.25, -0.2) is 4.68 Å². The van der Waals surface area contributed by atoms with Gasteiger partial charge in [-0.2, -0.15) is 5.10 Å². The highest BCUT2D eigenvalue weighted by Gasteiger charge is 2.26. The Morgan fingerprint density at radius 2 is 2.26 bits per heavy atom. The topological polar surface area (TPSA) is 47.4 Å². The molecule has 0 saturated carbocycles. The summed E-state index contributed by atoms with van der Waals surface area (Å²) in [6.45, 7) is 7.98. The molecule has 1 saturated heterocycles. The lowest BCUT2D eigenvalue weighted by atomic mass is 10.1. The van der Waals surface area contributed by atoms with E-state index >= 15 is 0 Å². The fourth-order valence-electron chi connectivity index (χ4n) is 3.05. The molecule has 1 aliphatic heterocycles. The number of ether oxygens (including phenoxy) is 1. The van der Waals surface area contributed by atoms with Crippen molar-refractivity contribution in [3.63, 3.8) is 0 Å². The van der Waals surface area contributed by atoms with Crippen LogP contribution in [0.4, 0.5) is 0 Å². The van der Waals surface area contributed by atoms with E-state index in [2.05, 4.69) is 31.1 Å². The number of amides is 1. The van der Waals surface area contributed by atoms with Crippen molar-refractivity contribution < 1.29 is 9.53 Å². The molecule has 0 unspecified atom stereocenters. The van der Waals surface area contributed by atoms with Crippen LogP contribution in [0.1, 0.15) is 35.5 Å². The zero-order valence-electron chi connectivity index (χ0n) is 14.0. The number of carbonyl (C=O) groups excluding carboxylic acids is 1. The third-order valence-corrected chi connectivity index (χ3v) is 4.21. The molecule has 0 radical (unpaired) electrons. The van der Waals surface area contributed by atoms with Crippen LogP contribution in [0.5, 0.6) is 0 Å². The number of rotatable bonds is 3. The summed E-state index contributed by atoms with van der Waals surface area (Å²) < 4.78 is 7.40. The Labute approximate surface area is 136 Å². The molecule has 1 aliphatic rings. The molecule has 3 rings (SSSR count). The van der Waals surface area contributed by atoms with Crippen molar-refractivity contribution in [1.82, 2.24) is 14.7 Å². The van der Waals surface area contributed by atoms with Crippen molar-refractivity contribution in [2.45, 2.75) is 33.3 Å². The average Bonchev–Trinajstić information content (AvgIpc) is 2.98. The Hall–Kier alpha value is -2.14. The highest BCUT2D eigenvalue weighted by Crippen LogP contribution is 2.19. The minimum absolute atomic E-state index is 0.0518. The molecule has 1 atom stereocenters. The lowest BCUT2D eigenvalue weighted by Gasteiger charge is -2.31. The maximum atomic E-state index is 12.9. The summed E-state index contributed by atoms with van der Waals surface area (Å²) in [5.74, 6) is 0.0518. The average molecular weight is 313 g/mol. The minimum Gasteiger partial charge on any atom is -0.375 e. The quantitative estimate of drug-likeness (QED) is 0.875. The smallest absolute Gasteiger partial charge is 0.257 e. The van der Waals surface area contributed by atoms with Gasteiger partial charge in [0.1, 0.15) is 0 Å². The molecule has 23 heavy (non-hydrogen) atoms. The monoisotopic (exact) mass is 313 g/mol. The van der Waals surface area contributed by atoms with Gasteiger partial charge in [-0.15, -0.1) is 0 Å². The van der Waals surface area contributed by atoms with Crippen molar-refractivity contribution in [1.29, 1.82) is 0 Å². The standard InChI is InChI=1S/C18H23N3O2/c1-4-17-16(18(22)20-8-9-23-14(3)12-20)11-19-21(17)15-7-5-6-13(2)10-15/h5-7,10-11,14H,4,8-9,12H2,1-3H3/t14-/m1/s1. The van der Waals surface area contributed by atoms with Crippen molar-refractivity contribution in [3.8, 4) is 5.69 Å². The second-order valence-electron chi connectivity index (χ2n) is 6.04. The van der Waals surface area contributed by atoms with E-state index in [1.165, 1.54) is 5.56 Å². The molecule has 2 heterocycles. The van der Waals surface area contributed by atoms with E-state index in [4.69, 9.17) is 4.74 Å². The van der Waals surface area contributed by atoms with Crippen LogP contribution < -0.4 is 0 Å². The van der Waals surface area contributed by atoms with Gasteiger partial charge in [0.05, 0.1) is 35.9 Å². The van der Waals surface area contributed by atoms with Crippen LogP contribution in [0.2, 0.25) is 0 Å². The van der Waals surface area contributed by atoms with Crippen LogP contribution in [0.15, 0.2) is 30.5 Å². The van der Waals surface area contributed by atoms with Gasteiger partial charge in [-0.3, -0.25) is 4.79 Å². The second kappa shape index (κ2) is 6.54. The summed E-state index contributed by atoms with van der Waals surface area (Å²) in [7, 11) is 0. The fraction of sp³-hybridized carbons (Fsp3) is 0.444. The SMILES string of the molecule is CCc1c(C(=O)N2CCO[C@H](C)C2)cnn1-c1cccc(C)c1. The molecule has 1 fully saturated rings. The largest absolute Gasteiger partial charge is 0.375 e. The first-order valence-electron chi connectivity index (χ1n) is 8.15. The van der Waals surface area contributed by atoms with E-state index in [0.717, 1.165) is 17.8 Å². The van der Waals surface area contributed by atoms with Gasteiger partial charge >= 0.3 is 0 Å². The Bertz CT molecular complexity index is 708. The minimum atomic E-state index is 0.0518. The molecule has 0 N–H and O–H groups in total. The number of carbonyl (C=O) groups is 1. The third kappa shape index (κ3) is 3.15. The van der Waals surface area contributed by atoms with Gasteiger partial charge in [-0.1, -0.05) is 19.1 Å². The van der Waals surface area contributed by atoms with Crippen LogP contribution in [0.3, 0.4) is 0 Å². The summed E-state index contributed by atoms with van der Waals surface area (Å²) in [5.41, 5.74) is 3.83. The molecule has 0 aliphatic carbocycles. The molecule has 1 aromatic heterocycles. The molecule has 2 aromatic rings. The summed E-state index contributed by atoms with van der Waals surface area (Å²) in [5, 5.41) is 4.47. The van der Waals surface area contributed by atoms with E-state index in [1.54, 1.807) is 6.20 Å². The van der Waals surface area contributed by atoms with Gasteiger partial charge in [0, 0.05) is 13.1 Å². The Morgan fingerprint density at radius 1 is 1.43 bits per heavy atom. The summed E-state index contributed by atoms with van der Waals surface area (Å²) in [4.78, 5) is 14.7. The molecular weight excluding hydrogens is 290 g/mol. The van der Waals surface area contributed by atoms with Crippen LogP contribution in [0.25, 0.3) is 5.69 Å². The van der Waals surface area contributed by atoms with Crippen molar-refractivity contribution >= 4 is 5.91 Å². The van der Waals surface area contributed by atoms with E-state index in [9.17, 15) is 4.79 Å². The normalized spacial score (nSPS) is 18.2. The number of morpholine rings is 1. The van der Waals surface area contributed by atoms with Crippen molar-refractivity contribution in [3.05, 3.63) is 47.3 Å². The van der Waals surface area contributed by atoms with Gasteiger partial charge in [0.15, 0.2) is 0 Å². The molecular formula is C18H23N3O2. The summed E-state index contributed by atoms with van der Waals surface area (Å²) in [6, 6.07) is 8.16. The maximum Gasteiger partial charge on any atom is 0.257 e. The lowest BCUT2D eigenvalue weighted by Crippen LogP contribution is -2.44. The van der Waals surface area contributed by atoms with Gasteiger partial charge in [0.25, 0.3) is 5.91 Å². The number of aromatic nitrogens is 2. The molecule has 1 aromatic carbocycles. The van der Waals surface area contributed by atoms with E-state index in [1.807, 2.05) is 28.6 Å². The Balaban J connectivity index is 1.93. The number of nitrogens with zero attached hydrogens (tertiary/aromatic N) is 3. The molecule has 1 amide bonds. The summed E-state index contributed by atoms with van der Waals surface area (Å²) in [6.07, 6.45) is 2.54. The predicted molar refractivity (Wildman–Crippen MR) is 89.0 cm³/mol. The number of hydrogen-bond donors (Lipinski definition) is 0. The predicted octanol–water partition coefficient (Wildman–Crippen LogP) is 2.60. The Morgan fingerprint density at radius 3 is 2.96 bits per heavy atom. The van der Waals surface area contributed by atoms with Gasteiger partial charge in [-0.05, 0) is 38.0 Å². The fourth-order valence-corrected chi connectivity index (χ4v) is 3.05. The molecule has 0 spiro atoms. The highest BCUT2D eigenvalue weighted by atomic mass is 16.5. The first-order valence-corrected chi connectivity index (χ1v) is 8.15. The van der Waals surface area contributed by atoms with Crippen LogP contribution in [-0.2, 0) is 11.2 Å².